The van der Waals surface area contributed by atoms with E-state index in [2.05, 4.69) is 0 Å². The fourth-order valence-electron chi connectivity index (χ4n) is 0.697. The van der Waals surface area contributed by atoms with E-state index >= 15 is 0 Å². The first-order valence-corrected chi connectivity index (χ1v) is 3.55. The molecule has 1 heteroatoms. The van der Waals surface area contributed by atoms with Gasteiger partial charge in [0.2, 0.25) is 0 Å². The predicted molar refractivity (Wildman–Crippen MR) is 43.9 cm³/mol. The zero-order valence-electron chi connectivity index (χ0n) is 6.85. The molecule has 0 aromatic carbocycles. The lowest BCUT2D eigenvalue weighted by Crippen LogP contribution is -1.93. The molecule has 10 heavy (non-hydrogen) atoms. The van der Waals surface area contributed by atoms with Crippen LogP contribution in [-0.2, 0) is 4.79 Å². The third-order valence-corrected chi connectivity index (χ3v) is 1.32. The molecule has 0 N–H and O–H groups in total. The summed E-state index contributed by atoms with van der Waals surface area (Å²) in [5.74, 6) is 0.167. The van der Waals surface area contributed by atoms with Crippen molar-refractivity contribution in [2.75, 3.05) is 0 Å². The summed E-state index contributed by atoms with van der Waals surface area (Å²) in [5.41, 5.74) is 0.887. The minimum Gasteiger partial charge on any atom is -0.295 e. The highest BCUT2D eigenvalue weighted by Crippen LogP contribution is 2.01. The van der Waals surface area contributed by atoms with Crippen LogP contribution in [0.3, 0.4) is 0 Å². The lowest BCUT2D eigenvalue weighted by molar-refractivity contribution is -0.113. The van der Waals surface area contributed by atoms with Crippen molar-refractivity contribution in [3.8, 4) is 0 Å². The number of hydrogen-bond acceptors (Lipinski definition) is 1. The molecular formula is C9H14O. The van der Waals surface area contributed by atoms with Gasteiger partial charge in [0.25, 0.3) is 0 Å². The average molecular weight is 138 g/mol. The predicted octanol–water partition coefficient (Wildman–Crippen LogP) is 2.49. The van der Waals surface area contributed by atoms with E-state index < -0.39 is 0 Å². The first-order valence-electron chi connectivity index (χ1n) is 3.55. The van der Waals surface area contributed by atoms with E-state index in [1.807, 2.05) is 32.1 Å². The largest absolute Gasteiger partial charge is 0.295 e. The maximum atomic E-state index is 10.8. The number of ketones is 1. The Morgan fingerprint density at radius 2 is 2.10 bits per heavy atom. The van der Waals surface area contributed by atoms with Crippen LogP contribution in [0.5, 0.6) is 0 Å². The minimum atomic E-state index is 0.167. The van der Waals surface area contributed by atoms with Gasteiger partial charge in [-0.3, -0.25) is 4.79 Å². The van der Waals surface area contributed by atoms with Gasteiger partial charge in [-0.1, -0.05) is 25.2 Å². The van der Waals surface area contributed by atoms with Gasteiger partial charge in [-0.25, -0.2) is 0 Å². The van der Waals surface area contributed by atoms with Crippen molar-refractivity contribution in [2.45, 2.75) is 27.2 Å². The van der Waals surface area contributed by atoms with Gasteiger partial charge in [0.05, 0.1) is 0 Å². The molecule has 0 atom stereocenters. The highest BCUT2D eigenvalue weighted by atomic mass is 16.1. The number of hydrogen-bond donors (Lipinski definition) is 0. The van der Waals surface area contributed by atoms with Crippen molar-refractivity contribution < 1.29 is 4.79 Å². The zero-order valence-corrected chi connectivity index (χ0v) is 6.85. The van der Waals surface area contributed by atoms with Crippen LogP contribution in [0.2, 0.25) is 0 Å². The molecule has 1 nitrogen and oxygen atoms in total. The van der Waals surface area contributed by atoms with Crippen molar-refractivity contribution in [3.63, 3.8) is 0 Å². The average Bonchev–Trinajstić information content (AvgIpc) is 1.89. The maximum absolute atomic E-state index is 10.8. The van der Waals surface area contributed by atoms with E-state index in [9.17, 15) is 4.79 Å². The summed E-state index contributed by atoms with van der Waals surface area (Å²) in [7, 11) is 0. The Kier molecular flexibility index (Phi) is 4.55. The van der Waals surface area contributed by atoms with Crippen LogP contribution in [0.15, 0.2) is 23.8 Å². The summed E-state index contributed by atoms with van der Waals surface area (Å²) >= 11 is 0. The van der Waals surface area contributed by atoms with Gasteiger partial charge < -0.3 is 0 Å². The summed E-state index contributed by atoms with van der Waals surface area (Å²) < 4.78 is 0. The molecule has 0 rings (SSSR count). The number of allylic oxidation sites excluding steroid dienone is 4. The standard InChI is InChI=1S/C9H14O/c1-4-6-7-9(5-2)8(3)10/h4,6-7H,5H2,1-3H3/b6-4+,9-7-. The number of carbonyl (C=O) groups is 1. The van der Waals surface area contributed by atoms with Crippen molar-refractivity contribution in [2.24, 2.45) is 0 Å². The summed E-state index contributed by atoms with van der Waals surface area (Å²) in [6.07, 6.45) is 6.49. The first-order chi connectivity index (χ1) is 4.72. The quantitative estimate of drug-likeness (QED) is 0.432. The number of Topliss-reactive ketones (excluding diaryl/α,β-unsaturated/α-hetero) is 1. The molecule has 0 unspecified atom stereocenters. The Labute approximate surface area is 62.4 Å². The molecule has 0 aliphatic rings. The molecule has 0 amide bonds. The minimum absolute atomic E-state index is 0.167. The summed E-state index contributed by atoms with van der Waals surface area (Å²) in [4.78, 5) is 10.8. The third-order valence-electron chi connectivity index (χ3n) is 1.32. The van der Waals surface area contributed by atoms with Crippen LogP contribution in [0.4, 0.5) is 0 Å². The van der Waals surface area contributed by atoms with Crippen LogP contribution < -0.4 is 0 Å². The van der Waals surface area contributed by atoms with Crippen LogP contribution in [0, 0.1) is 0 Å². The molecular weight excluding hydrogens is 124 g/mol. The van der Waals surface area contributed by atoms with E-state index in [1.54, 1.807) is 6.92 Å². The Hall–Kier alpha value is -0.850. The second-order valence-electron chi connectivity index (χ2n) is 2.13. The van der Waals surface area contributed by atoms with Crippen LogP contribution in [0.1, 0.15) is 27.2 Å². The molecule has 0 spiro atoms. The van der Waals surface area contributed by atoms with Gasteiger partial charge in [-0.2, -0.15) is 0 Å². The van der Waals surface area contributed by atoms with E-state index in [0.717, 1.165) is 12.0 Å². The van der Waals surface area contributed by atoms with Crippen molar-refractivity contribution in [1.29, 1.82) is 0 Å². The lowest BCUT2D eigenvalue weighted by Gasteiger charge is -1.93. The summed E-state index contributed by atoms with van der Waals surface area (Å²) in [5, 5.41) is 0. The Balaban J connectivity index is 4.18. The fourth-order valence-corrected chi connectivity index (χ4v) is 0.697. The van der Waals surface area contributed by atoms with E-state index in [1.165, 1.54) is 0 Å². The van der Waals surface area contributed by atoms with Crippen LogP contribution in [-0.4, -0.2) is 5.78 Å². The van der Waals surface area contributed by atoms with Gasteiger partial charge in [0.1, 0.15) is 0 Å². The highest BCUT2D eigenvalue weighted by Gasteiger charge is 1.96. The smallest absolute Gasteiger partial charge is 0.155 e. The molecule has 0 saturated heterocycles. The molecule has 56 valence electrons. The summed E-state index contributed by atoms with van der Waals surface area (Å²) in [6.45, 7) is 5.51. The molecule has 0 saturated carbocycles. The van der Waals surface area contributed by atoms with E-state index in [0.29, 0.717) is 0 Å². The van der Waals surface area contributed by atoms with E-state index in [4.69, 9.17) is 0 Å². The normalized spacial score (nSPS) is 12.5. The molecule has 0 aliphatic carbocycles. The maximum Gasteiger partial charge on any atom is 0.155 e. The zero-order chi connectivity index (χ0) is 7.98. The Bertz CT molecular complexity index is 164. The monoisotopic (exact) mass is 138 g/mol. The molecule has 0 aliphatic heterocycles. The van der Waals surface area contributed by atoms with E-state index in [-0.39, 0.29) is 5.78 Å². The highest BCUT2D eigenvalue weighted by molar-refractivity contribution is 5.93. The SMILES string of the molecule is C/C=C/C=C(/CC)C(C)=O. The molecule has 0 heterocycles. The Morgan fingerprint density at radius 1 is 1.50 bits per heavy atom. The second kappa shape index (κ2) is 4.98. The number of rotatable bonds is 3. The van der Waals surface area contributed by atoms with Gasteiger partial charge in [-0.15, -0.1) is 0 Å². The van der Waals surface area contributed by atoms with Gasteiger partial charge in [0, 0.05) is 0 Å². The molecule has 0 bridgehead atoms. The molecule has 0 radical (unpaired) electrons. The van der Waals surface area contributed by atoms with Crippen molar-refractivity contribution in [1.82, 2.24) is 0 Å². The molecule has 0 aromatic heterocycles. The Morgan fingerprint density at radius 3 is 2.40 bits per heavy atom. The van der Waals surface area contributed by atoms with Gasteiger partial charge in [-0.05, 0) is 25.8 Å². The fraction of sp³-hybridized carbons (Fsp3) is 0.444. The molecule has 0 aromatic rings. The first kappa shape index (κ1) is 9.15. The summed E-state index contributed by atoms with van der Waals surface area (Å²) in [6, 6.07) is 0. The molecule has 0 fully saturated rings. The third kappa shape index (κ3) is 3.23. The van der Waals surface area contributed by atoms with Gasteiger partial charge >= 0.3 is 0 Å². The van der Waals surface area contributed by atoms with Crippen molar-refractivity contribution in [3.05, 3.63) is 23.8 Å². The van der Waals surface area contributed by atoms with Crippen LogP contribution in [0.25, 0.3) is 0 Å². The lowest BCUT2D eigenvalue weighted by atomic mass is 10.1. The topological polar surface area (TPSA) is 17.1 Å². The van der Waals surface area contributed by atoms with Crippen molar-refractivity contribution >= 4 is 5.78 Å². The number of carbonyl (C=O) groups excluding carboxylic acids is 1. The second-order valence-corrected chi connectivity index (χ2v) is 2.13. The van der Waals surface area contributed by atoms with Gasteiger partial charge in [0.15, 0.2) is 5.78 Å². The van der Waals surface area contributed by atoms with Crippen LogP contribution >= 0.6 is 0 Å².